The van der Waals surface area contributed by atoms with Crippen molar-refractivity contribution in [2.45, 2.75) is 60.4 Å². The van der Waals surface area contributed by atoms with E-state index in [2.05, 4.69) is 0 Å². The maximum atomic E-state index is 14.2. The van der Waals surface area contributed by atoms with E-state index in [1.165, 1.54) is 12.3 Å². The van der Waals surface area contributed by atoms with Gasteiger partial charge < -0.3 is 14.4 Å². The van der Waals surface area contributed by atoms with Gasteiger partial charge in [0.1, 0.15) is 5.75 Å². The molecule has 206 valence electrons. The van der Waals surface area contributed by atoms with Crippen LogP contribution in [0.2, 0.25) is 0 Å². The minimum absolute atomic E-state index is 0.100. The zero-order chi connectivity index (χ0) is 27.3. The molecule has 1 heterocycles. The van der Waals surface area contributed by atoms with Gasteiger partial charge in [0.25, 0.3) is 0 Å². The molecule has 0 spiro atoms. The van der Waals surface area contributed by atoms with Crippen LogP contribution in [0, 0.1) is 0 Å². The number of carbonyl (C=O) groups is 1. The van der Waals surface area contributed by atoms with Gasteiger partial charge in [0.2, 0.25) is 0 Å². The highest BCUT2D eigenvalue weighted by Gasteiger charge is 2.47. The highest BCUT2D eigenvalue weighted by Crippen LogP contribution is 2.49. The fraction of sp³-hybridized carbons (Fsp3) is 0.444. The van der Waals surface area contributed by atoms with Gasteiger partial charge in [-0.2, -0.15) is 26.3 Å². The van der Waals surface area contributed by atoms with E-state index in [4.69, 9.17) is 9.47 Å². The number of hydrogen-bond acceptors (Lipinski definition) is 5. The summed E-state index contributed by atoms with van der Waals surface area (Å²) >= 11 is 0.547. The van der Waals surface area contributed by atoms with Crippen LogP contribution in [0.15, 0.2) is 58.5 Å². The van der Waals surface area contributed by atoms with Crippen molar-refractivity contribution in [3.05, 3.63) is 65.4 Å². The Bertz CT molecular complexity index is 1150. The average molecular weight is 560 g/mol. The van der Waals surface area contributed by atoms with Gasteiger partial charge in [-0.15, -0.1) is 0 Å². The molecule has 2 aromatic carbocycles. The molecule has 2 aliphatic rings. The topological polar surface area (TPSA) is 38.8 Å². The Balaban J connectivity index is 1.72. The largest absolute Gasteiger partial charge is 0.489 e. The first kappa shape index (κ1) is 28.4. The third kappa shape index (κ3) is 7.05. The first-order valence-corrected chi connectivity index (χ1v) is 13.1. The Morgan fingerprint density at radius 1 is 0.895 bits per heavy atom. The van der Waals surface area contributed by atoms with Gasteiger partial charge in [0, 0.05) is 35.8 Å². The monoisotopic (exact) mass is 559 g/mol. The average Bonchev–Trinajstić information content (AvgIpc) is 2.88. The summed E-state index contributed by atoms with van der Waals surface area (Å²) in [5, 5.41) is 0. The molecule has 0 unspecified atom stereocenters. The van der Waals surface area contributed by atoms with Gasteiger partial charge in [-0.1, -0.05) is 30.3 Å². The normalized spacial score (nSPS) is 17.7. The fourth-order valence-corrected chi connectivity index (χ4v) is 5.61. The van der Waals surface area contributed by atoms with Crippen molar-refractivity contribution in [3.8, 4) is 5.75 Å². The summed E-state index contributed by atoms with van der Waals surface area (Å²) in [6, 6.07) is 8.11. The van der Waals surface area contributed by atoms with Crippen molar-refractivity contribution in [2.75, 3.05) is 26.3 Å². The highest BCUT2D eigenvalue weighted by atomic mass is 32.2. The first-order chi connectivity index (χ1) is 18.0. The predicted molar refractivity (Wildman–Crippen MR) is 130 cm³/mol. The molecule has 0 aromatic heterocycles. The number of alkyl halides is 6. The molecule has 0 atom stereocenters. The Kier molecular flexibility index (Phi) is 8.97. The lowest BCUT2D eigenvalue weighted by atomic mass is 9.96. The molecule has 1 saturated carbocycles. The molecule has 4 rings (SSSR count). The van der Waals surface area contributed by atoms with Crippen molar-refractivity contribution < 1.29 is 40.6 Å². The van der Waals surface area contributed by atoms with E-state index >= 15 is 0 Å². The maximum Gasteiger partial charge on any atom is 0.418 e. The molecule has 1 aliphatic carbocycles. The van der Waals surface area contributed by atoms with Gasteiger partial charge in [-0.25, -0.2) is 0 Å². The quantitative estimate of drug-likeness (QED) is 0.198. The van der Waals surface area contributed by atoms with Gasteiger partial charge in [0.15, 0.2) is 5.78 Å². The van der Waals surface area contributed by atoms with Crippen molar-refractivity contribution in [1.82, 2.24) is 4.90 Å². The standard InChI is InChI=1S/C27H27F6NO3S/c28-26(29,30)24-19(20(35)12-13-34-14-16-36-17-15-34)10-11-23(25(24)27(31,32)33)38-22-9-5-4-8-21(22)37-18-6-2-1-3-7-18/h4-5,8-13,18H,1-3,6-7,14-17H2. The van der Waals surface area contributed by atoms with Gasteiger partial charge in [-0.05, 0) is 49.9 Å². The Morgan fingerprint density at radius 2 is 1.55 bits per heavy atom. The fourth-order valence-electron chi connectivity index (χ4n) is 4.55. The van der Waals surface area contributed by atoms with Crippen LogP contribution >= 0.6 is 11.8 Å². The number of morpholine rings is 1. The van der Waals surface area contributed by atoms with Crippen LogP contribution < -0.4 is 4.74 Å². The van der Waals surface area contributed by atoms with E-state index in [0.29, 0.717) is 43.8 Å². The summed E-state index contributed by atoms with van der Waals surface area (Å²) in [7, 11) is 0. The lowest BCUT2D eigenvalue weighted by Gasteiger charge is -2.25. The molecule has 11 heteroatoms. The number of carbonyl (C=O) groups excluding carboxylic acids is 1. The van der Waals surface area contributed by atoms with Crippen LogP contribution in [0.3, 0.4) is 0 Å². The third-order valence-electron chi connectivity index (χ3n) is 6.40. The molecule has 38 heavy (non-hydrogen) atoms. The molecular formula is C27H27F6NO3S. The number of halogens is 6. The van der Waals surface area contributed by atoms with Gasteiger partial charge >= 0.3 is 12.4 Å². The van der Waals surface area contributed by atoms with Gasteiger partial charge in [0.05, 0.1) is 35.3 Å². The SMILES string of the molecule is O=C(C=CN1CCOCC1)c1ccc(Sc2ccccc2OC2CCCCC2)c(C(F)(F)F)c1C(F)(F)F. The van der Waals surface area contributed by atoms with E-state index in [1.807, 2.05) is 0 Å². The zero-order valence-electron chi connectivity index (χ0n) is 20.4. The predicted octanol–water partition coefficient (Wildman–Crippen LogP) is 7.62. The summed E-state index contributed by atoms with van der Waals surface area (Å²) in [5.74, 6) is -0.841. The smallest absolute Gasteiger partial charge is 0.418 e. The number of para-hydroxylation sites is 1. The Labute approximate surface area is 221 Å². The molecule has 4 nitrogen and oxygen atoms in total. The molecule has 0 bridgehead atoms. The highest BCUT2D eigenvalue weighted by molar-refractivity contribution is 7.99. The number of ketones is 1. The minimum atomic E-state index is -5.42. The Morgan fingerprint density at radius 3 is 2.21 bits per heavy atom. The number of nitrogens with zero attached hydrogens (tertiary/aromatic N) is 1. The van der Waals surface area contributed by atoms with Crippen LogP contribution in [0.4, 0.5) is 26.3 Å². The lowest BCUT2D eigenvalue weighted by Crippen LogP contribution is -2.32. The van der Waals surface area contributed by atoms with Crippen LogP contribution in [-0.2, 0) is 17.1 Å². The molecular weight excluding hydrogens is 532 g/mol. The number of allylic oxidation sites excluding steroid dienone is 1. The van der Waals surface area contributed by atoms with Crippen LogP contribution in [0.1, 0.15) is 53.6 Å². The number of rotatable bonds is 7. The second-order valence-electron chi connectivity index (χ2n) is 9.11. The number of ether oxygens (including phenoxy) is 2. The summed E-state index contributed by atoms with van der Waals surface area (Å²) in [4.78, 5) is 14.0. The van der Waals surface area contributed by atoms with Gasteiger partial charge in [-0.3, -0.25) is 4.79 Å². The Hall–Kier alpha value is -2.66. The summed E-state index contributed by atoms with van der Waals surface area (Å²) in [6.45, 7) is 1.59. The summed E-state index contributed by atoms with van der Waals surface area (Å²) < 4.78 is 96.4. The third-order valence-corrected chi connectivity index (χ3v) is 7.51. The molecule has 2 fully saturated rings. The van der Waals surface area contributed by atoms with Crippen molar-refractivity contribution in [3.63, 3.8) is 0 Å². The molecule has 1 saturated heterocycles. The molecule has 0 amide bonds. The van der Waals surface area contributed by atoms with E-state index in [1.54, 1.807) is 23.1 Å². The summed E-state index contributed by atoms with van der Waals surface area (Å²) in [6.07, 6.45) is -4.08. The molecule has 0 radical (unpaired) electrons. The second-order valence-corrected chi connectivity index (χ2v) is 10.2. The van der Waals surface area contributed by atoms with Crippen molar-refractivity contribution in [1.29, 1.82) is 0 Å². The van der Waals surface area contributed by atoms with Crippen molar-refractivity contribution >= 4 is 17.5 Å². The molecule has 1 aliphatic heterocycles. The van der Waals surface area contributed by atoms with Crippen LogP contribution in [0.5, 0.6) is 5.75 Å². The number of benzene rings is 2. The first-order valence-electron chi connectivity index (χ1n) is 12.3. The molecule has 0 N–H and O–H groups in total. The van der Waals surface area contributed by atoms with E-state index in [0.717, 1.165) is 50.3 Å². The van der Waals surface area contributed by atoms with Crippen molar-refractivity contribution in [2.24, 2.45) is 0 Å². The van der Waals surface area contributed by atoms with Crippen LogP contribution in [0.25, 0.3) is 0 Å². The van der Waals surface area contributed by atoms with E-state index < -0.39 is 39.7 Å². The molecule has 2 aromatic rings. The summed E-state index contributed by atoms with van der Waals surface area (Å²) in [5.41, 5.74) is -4.92. The minimum Gasteiger partial charge on any atom is -0.489 e. The maximum absolute atomic E-state index is 14.2. The van der Waals surface area contributed by atoms with E-state index in [9.17, 15) is 31.1 Å². The zero-order valence-corrected chi connectivity index (χ0v) is 21.2. The second kappa shape index (κ2) is 12.0. The number of hydrogen-bond donors (Lipinski definition) is 0. The van der Waals surface area contributed by atoms with Crippen LogP contribution in [-0.4, -0.2) is 43.1 Å². The lowest BCUT2D eigenvalue weighted by molar-refractivity contribution is -0.163. The van der Waals surface area contributed by atoms with E-state index in [-0.39, 0.29) is 11.0 Å².